The standard InChI is InChI=1S/C21H30N8O3S/c1-12-11-13(2)24-19(23-12)33-10-4-7-29-15-17(27(3)21(32)26-18(15)31)25-20(29)28-8-5-14(6-9-28)16(22)30/h11,14-15,17H,4-10H2,1-3H3,(H2,22,30)(H,26,31,32). The van der Waals surface area contributed by atoms with Gasteiger partial charge < -0.3 is 20.4 Å². The van der Waals surface area contributed by atoms with Crippen LogP contribution in [-0.4, -0.2) is 93.1 Å². The van der Waals surface area contributed by atoms with Gasteiger partial charge in [0.1, 0.15) is 0 Å². The first-order valence-electron chi connectivity index (χ1n) is 11.2. The molecule has 3 aliphatic heterocycles. The number of hydrogen-bond acceptors (Lipinski definition) is 9. The Kier molecular flexibility index (Phi) is 6.73. The van der Waals surface area contributed by atoms with E-state index in [1.165, 1.54) is 4.90 Å². The minimum atomic E-state index is -0.570. The van der Waals surface area contributed by atoms with Gasteiger partial charge in [-0.1, -0.05) is 11.8 Å². The van der Waals surface area contributed by atoms with Crippen molar-refractivity contribution in [2.24, 2.45) is 16.6 Å². The van der Waals surface area contributed by atoms with Crippen LogP contribution < -0.4 is 11.1 Å². The quantitative estimate of drug-likeness (QED) is 0.342. The van der Waals surface area contributed by atoms with E-state index in [1.807, 2.05) is 24.8 Å². The molecule has 2 saturated heterocycles. The Morgan fingerprint density at radius 1 is 1.21 bits per heavy atom. The van der Waals surface area contributed by atoms with Gasteiger partial charge >= 0.3 is 6.03 Å². The molecule has 0 bridgehead atoms. The SMILES string of the molecule is Cc1cc(C)nc(SCCCN2C(N3CCC(C(N)=O)CC3)=NC3C2C(=O)NC(=O)N3C)n1. The summed E-state index contributed by atoms with van der Waals surface area (Å²) in [6, 6.07) is 0.929. The molecule has 2 atom stereocenters. The van der Waals surface area contributed by atoms with Crippen LogP contribution in [0.25, 0.3) is 0 Å². The number of carbonyl (C=O) groups excluding carboxylic acids is 3. The zero-order valence-corrected chi connectivity index (χ0v) is 20.0. The number of carbonyl (C=O) groups is 3. The third-order valence-electron chi connectivity index (χ3n) is 6.26. The van der Waals surface area contributed by atoms with Gasteiger partial charge in [-0.25, -0.2) is 19.8 Å². The van der Waals surface area contributed by atoms with Crippen molar-refractivity contribution in [2.45, 2.75) is 50.5 Å². The van der Waals surface area contributed by atoms with Crippen molar-refractivity contribution in [2.75, 3.05) is 32.4 Å². The van der Waals surface area contributed by atoms with Gasteiger partial charge in [0, 0.05) is 49.7 Å². The van der Waals surface area contributed by atoms with Crippen molar-refractivity contribution in [3.05, 3.63) is 17.5 Å². The monoisotopic (exact) mass is 474 g/mol. The van der Waals surface area contributed by atoms with Crippen molar-refractivity contribution < 1.29 is 14.4 Å². The Morgan fingerprint density at radius 3 is 2.52 bits per heavy atom. The largest absolute Gasteiger partial charge is 0.369 e. The fourth-order valence-corrected chi connectivity index (χ4v) is 5.41. The number of thioether (sulfide) groups is 1. The summed E-state index contributed by atoms with van der Waals surface area (Å²) in [4.78, 5) is 55.8. The van der Waals surface area contributed by atoms with Crippen LogP contribution in [-0.2, 0) is 9.59 Å². The second kappa shape index (κ2) is 9.54. The second-order valence-corrected chi connectivity index (χ2v) is 9.75. The first-order valence-corrected chi connectivity index (χ1v) is 12.1. The van der Waals surface area contributed by atoms with Gasteiger partial charge in [0.15, 0.2) is 23.3 Å². The van der Waals surface area contributed by atoms with Gasteiger partial charge in [0.05, 0.1) is 0 Å². The molecule has 12 heteroatoms. The number of nitrogens with two attached hydrogens (primary N) is 1. The molecule has 2 unspecified atom stereocenters. The van der Waals surface area contributed by atoms with Crippen LogP contribution in [0.1, 0.15) is 30.7 Å². The highest BCUT2D eigenvalue weighted by atomic mass is 32.2. The molecule has 1 aromatic heterocycles. The van der Waals surface area contributed by atoms with Crippen molar-refractivity contribution in [3.63, 3.8) is 0 Å². The van der Waals surface area contributed by atoms with E-state index in [1.54, 1.807) is 18.8 Å². The molecule has 0 saturated carbocycles. The predicted molar refractivity (Wildman–Crippen MR) is 123 cm³/mol. The molecule has 178 valence electrons. The van der Waals surface area contributed by atoms with Crippen LogP contribution in [0.5, 0.6) is 0 Å². The Bertz CT molecular complexity index is 958. The Labute approximate surface area is 197 Å². The molecule has 0 spiro atoms. The first-order chi connectivity index (χ1) is 15.7. The number of amides is 4. The number of aryl methyl sites for hydroxylation is 2. The molecule has 0 aliphatic carbocycles. The third kappa shape index (κ3) is 4.90. The molecule has 11 nitrogen and oxygen atoms in total. The lowest BCUT2D eigenvalue weighted by Gasteiger charge is -2.39. The molecule has 3 N–H and O–H groups in total. The average Bonchev–Trinajstić information content (AvgIpc) is 3.15. The van der Waals surface area contributed by atoms with Crippen LogP contribution in [0.2, 0.25) is 0 Å². The number of primary amides is 1. The maximum atomic E-state index is 12.8. The Morgan fingerprint density at radius 2 is 1.88 bits per heavy atom. The van der Waals surface area contributed by atoms with E-state index in [2.05, 4.69) is 20.2 Å². The number of aliphatic imine (C=N–C) groups is 1. The van der Waals surface area contributed by atoms with Crippen LogP contribution >= 0.6 is 11.8 Å². The van der Waals surface area contributed by atoms with Crippen LogP contribution in [0.4, 0.5) is 4.79 Å². The molecule has 33 heavy (non-hydrogen) atoms. The molecule has 4 heterocycles. The van der Waals surface area contributed by atoms with E-state index in [4.69, 9.17) is 10.7 Å². The van der Waals surface area contributed by atoms with E-state index in [9.17, 15) is 14.4 Å². The van der Waals surface area contributed by atoms with Gasteiger partial charge in [0.25, 0.3) is 5.91 Å². The number of nitrogens with zero attached hydrogens (tertiary/aromatic N) is 6. The van der Waals surface area contributed by atoms with E-state index >= 15 is 0 Å². The molecular formula is C21H30N8O3S. The number of piperidine rings is 1. The summed E-state index contributed by atoms with van der Waals surface area (Å²) in [6.07, 6.45) is 1.52. The van der Waals surface area contributed by atoms with Gasteiger partial charge in [-0.3, -0.25) is 14.9 Å². The number of aromatic nitrogens is 2. The van der Waals surface area contributed by atoms with Crippen LogP contribution in [0, 0.1) is 19.8 Å². The van der Waals surface area contributed by atoms with Crippen molar-refractivity contribution in [1.29, 1.82) is 0 Å². The number of likely N-dealkylation sites (N-methyl/N-ethyl adjacent to an activating group) is 1. The van der Waals surface area contributed by atoms with E-state index < -0.39 is 18.2 Å². The van der Waals surface area contributed by atoms with Crippen molar-refractivity contribution >= 4 is 35.6 Å². The van der Waals surface area contributed by atoms with Crippen molar-refractivity contribution in [1.82, 2.24) is 30.0 Å². The Balaban J connectivity index is 1.45. The summed E-state index contributed by atoms with van der Waals surface area (Å²) in [5, 5.41) is 3.18. The number of guanidine groups is 1. The fourth-order valence-electron chi connectivity index (χ4n) is 4.53. The third-order valence-corrected chi connectivity index (χ3v) is 7.19. The van der Waals surface area contributed by atoms with Gasteiger partial charge in [-0.15, -0.1) is 0 Å². The number of nitrogens with one attached hydrogen (secondary N) is 1. The lowest BCUT2D eigenvalue weighted by atomic mass is 9.96. The van der Waals surface area contributed by atoms with Gasteiger partial charge in [-0.2, -0.15) is 0 Å². The molecule has 0 radical (unpaired) electrons. The lowest BCUT2D eigenvalue weighted by molar-refractivity contribution is -0.127. The van der Waals surface area contributed by atoms with E-state index in [-0.39, 0.29) is 17.7 Å². The fraction of sp³-hybridized carbons (Fsp3) is 0.619. The topological polar surface area (TPSA) is 137 Å². The van der Waals surface area contributed by atoms with Gasteiger partial charge in [-0.05, 0) is 39.2 Å². The molecule has 0 aromatic carbocycles. The minimum Gasteiger partial charge on any atom is -0.369 e. The zero-order chi connectivity index (χ0) is 23.7. The van der Waals surface area contributed by atoms with E-state index in [0.29, 0.717) is 38.4 Å². The van der Waals surface area contributed by atoms with E-state index in [0.717, 1.165) is 28.7 Å². The maximum Gasteiger partial charge on any atom is 0.325 e. The smallest absolute Gasteiger partial charge is 0.325 e. The van der Waals surface area contributed by atoms with Crippen LogP contribution in [0.15, 0.2) is 16.2 Å². The number of urea groups is 1. The highest BCUT2D eigenvalue weighted by Gasteiger charge is 2.49. The summed E-state index contributed by atoms with van der Waals surface area (Å²) in [5.74, 6) is 0.741. The van der Waals surface area contributed by atoms with Gasteiger partial charge in [0.2, 0.25) is 5.91 Å². The molecular weight excluding hydrogens is 444 g/mol. The van der Waals surface area contributed by atoms with Crippen LogP contribution in [0.3, 0.4) is 0 Å². The Hall–Kier alpha value is -2.89. The number of likely N-dealkylation sites (tertiary alicyclic amines) is 1. The molecule has 1 aromatic rings. The number of imide groups is 1. The summed E-state index contributed by atoms with van der Waals surface area (Å²) in [7, 11) is 1.65. The molecule has 3 aliphatic rings. The van der Waals surface area contributed by atoms with Crippen molar-refractivity contribution in [3.8, 4) is 0 Å². The summed E-state index contributed by atoms with van der Waals surface area (Å²) in [5.41, 5.74) is 7.36. The normalized spacial score (nSPS) is 23.5. The highest BCUT2D eigenvalue weighted by Crippen LogP contribution is 2.28. The predicted octanol–water partition coefficient (Wildman–Crippen LogP) is 0.321. The number of rotatable bonds is 6. The average molecular weight is 475 g/mol. The summed E-state index contributed by atoms with van der Waals surface area (Å²) >= 11 is 1.58. The molecule has 4 rings (SSSR count). The zero-order valence-electron chi connectivity index (χ0n) is 19.2. The minimum absolute atomic E-state index is 0.138. The first kappa shape index (κ1) is 23.3. The lowest BCUT2D eigenvalue weighted by Crippen LogP contribution is -2.64. The summed E-state index contributed by atoms with van der Waals surface area (Å²) < 4.78 is 0. The maximum absolute atomic E-state index is 12.8. The molecule has 2 fully saturated rings. The number of hydrogen-bond donors (Lipinski definition) is 2. The second-order valence-electron chi connectivity index (χ2n) is 8.69. The molecule has 4 amide bonds. The summed E-state index contributed by atoms with van der Waals surface area (Å²) in [6.45, 7) is 5.77. The number of fused-ring (bicyclic) bond motifs is 1. The highest BCUT2D eigenvalue weighted by molar-refractivity contribution is 7.99.